The van der Waals surface area contributed by atoms with Gasteiger partial charge in [-0.05, 0) is 36.6 Å². The van der Waals surface area contributed by atoms with Crippen LogP contribution >= 0.6 is 31.9 Å². The number of rotatable bonds is 3. The summed E-state index contributed by atoms with van der Waals surface area (Å²) in [5, 5.41) is 1.12. The summed E-state index contributed by atoms with van der Waals surface area (Å²) in [7, 11) is 0. The van der Waals surface area contributed by atoms with Crippen LogP contribution in [0.25, 0.3) is 0 Å². The molecule has 1 aromatic rings. The van der Waals surface area contributed by atoms with Gasteiger partial charge in [-0.3, -0.25) is 4.90 Å². The molecular formula is C14H17Br2NO. The first kappa shape index (κ1) is 12.9. The molecule has 4 heteroatoms. The lowest BCUT2D eigenvalue weighted by Crippen LogP contribution is -2.20. The Hall–Kier alpha value is -0.0600. The highest BCUT2D eigenvalue weighted by molar-refractivity contribution is 9.10. The van der Waals surface area contributed by atoms with Gasteiger partial charge in [-0.15, -0.1) is 0 Å². The first-order valence-corrected chi connectivity index (χ1v) is 8.40. The first-order chi connectivity index (χ1) is 8.76. The molecule has 1 saturated heterocycles. The summed E-state index contributed by atoms with van der Waals surface area (Å²) in [4.78, 5) is 2.54. The zero-order chi connectivity index (χ0) is 12.5. The molecule has 0 saturated carbocycles. The summed E-state index contributed by atoms with van der Waals surface area (Å²) < 4.78 is 6.97. The molecule has 1 fully saturated rings. The van der Waals surface area contributed by atoms with E-state index in [1.807, 2.05) is 0 Å². The van der Waals surface area contributed by atoms with Gasteiger partial charge in [0, 0.05) is 34.9 Å². The van der Waals surface area contributed by atoms with Crippen LogP contribution in [-0.2, 0) is 13.0 Å². The van der Waals surface area contributed by atoms with Crippen molar-refractivity contribution in [3.05, 3.63) is 27.7 Å². The molecule has 98 valence electrons. The Morgan fingerprint density at radius 1 is 1.39 bits per heavy atom. The van der Waals surface area contributed by atoms with Crippen molar-refractivity contribution in [1.82, 2.24) is 4.90 Å². The minimum absolute atomic E-state index is 0.811. The van der Waals surface area contributed by atoms with Gasteiger partial charge in [0.1, 0.15) is 5.75 Å². The van der Waals surface area contributed by atoms with Gasteiger partial charge in [0.25, 0.3) is 0 Å². The van der Waals surface area contributed by atoms with Crippen LogP contribution in [0.3, 0.4) is 0 Å². The fraction of sp³-hybridized carbons (Fsp3) is 0.571. The topological polar surface area (TPSA) is 12.5 Å². The molecule has 3 rings (SSSR count). The molecular weight excluding hydrogens is 358 g/mol. The lowest BCUT2D eigenvalue weighted by atomic mass is 10.1. The average Bonchev–Trinajstić information content (AvgIpc) is 2.97. The normalized spacial score (nSPS) is 23.1. The zero-order valence-corrected chi connectivity index (χ0v) is 13.5. The predicted octanol–water partition coefficient (Wildman–Crippen LogP) is 3.60. The highest BCUT2D eigenvalue weighted by Crippen LogP contribution is 2.34. The van der Waals surface area contributed by atoms with E-state index in [1.54, 1.807) is 0 Å². The van der Waals surface area contributed by atoms with E-state index in [9.17, 15) is 0 Å². The van der Waals surface area contributed by atoms with Gasteiger partial charge in [-0.25, -0.2) is 0 Å². The Balaban J connectivity index is 1.77. The van der Waals surface area contributed by atoms with Crippen LogP contribution in [0.4, 0.5) is 0 Å². The fourth-order valence-electron chi connectivity index (χ4n) is 2.89. The third kappa shape index (κ3) is 2.61. The molecule has 2 aliphatic rings. The summed E-state index contributed by atoms with van der Waals surface area (Å²) in [5.41, 5.74) is 2.70. The minimum Gasteiger partial charge on any atom is -0.493 e. The van der Waals surface area contributed by atoms with E-state index in [-0.39, 0.29) is 0 Å². The second-order valence-electron chi connectivity index (χ2n) is 5.20. The second kappa shape index (κ2) is 5.51. The molecule has 0 bridgehead atoms. The molecule has 0 N–H and O–H groups in total. The van der Waals surface area contributed by atoms with Crippen molar-refractivity contribution in [2.45, 2.75) is 19.4 Å². The predicted molar refractivity (Wildman–Crippen MR) is 80.5 cm³/mol. The van der Waals surface area contributed by atoms with Gasteiger partial charge in [0.05, 0.1) is 6.61 Å². The number of hydrogen-bond acceptors (Lipinski definition) is 2. The molecule has 2 nitrogen and oxygen atoms in total. The lowest BCUT2D eigenvalue weighted by Gasteiger charge is -2.18. The van der Waals surface area contributed by atoms with Crippen molar-refractivity contribution in [2.24, 2.45) is 5.92 Å². The van der Waals surface area contributed by atoms with Crippen LogP contribution in [-0.4, -0.2) is 29.9 Å². The lowest BCUT2D eigenvalue weighted by molar-refractivity contribution is 0.306. The molecule has 2 aliphatic heterocycles. The Morgan fingerprint density at radius 3 is 3.06 bits per heavy atom. The van der Waals surface area contributed by atoms with Crippen LogP contribution in [0.2, 0.25) is 0 Å². The van der Waals surface area contributed by atoms with Crippen LogP contribution in [0.5, 0.6) is 5.75 Å². The summed E-state index contributed by atoms with van der Waals surface area (Å²) >= 11 is 7.20. The van der Waals surface area contributed by atoms with E-state index in [0.717, 1.165) is 36.6 Å². The standard InChI is InChI=1S/C14H17Br2NO/c15-7-10-1-3-17(8-10)9-12-6-13(16)5-11-2-4-18-14(11)12/h5-6,10H,1-4,7-9H2. The van der Waals surface area contributed by atoms with E-state index in [1.165, 1.54) is 35.1 Å². The van der Waals surface area contributed by atoms with E-state index in [0.29, 0.717) is 0 Å². The minimum atomic E-state index is 0.811. The van der Waals surface area contributed by atoms with Gasteiger partial charge < -0.3 is 4.74 Å². The first-order valence-electron chi connectivity index (χ1n) is 6.48. The largest absolute Gasteiger partial charge is 0.493 e. The maximum atomic E-state index is 5.79. The second-order valence-corrected chi connectivity index (χ2v) is 6.76. The number of halogens is 2. The van der Waals surface area contributed by atoms with Gasteiger partial charge in [0.2, 0.25) is 0 Å². The molecule has 1 atom stereocenters. The highest BCUT2D eigenvalue weighted by Gasteiger charge is 2.24. The Morgan fingerprint density at radius 2 is 2.28 bits per heavy atom. The highest BCUT2D eigenvalue weighted by atomic mass is 79.9. The number of hydrogen-bond donors (Lipinski definition) is 0. The molecule has 18 heavy (non-hydrogen) atoms. The number of likely N-dealkylation sites (tertiary alicyclic amines) is 1. The summed E-state index contributed by atoms with van der Waals surface area (Å²) in [6.07, 6.45) is 2.36. The average molecular weight is 375 g/mol. The van der Waals surface area contributed by atoms with Crippen molar-refractivity contribution in [1.29, 1.82) is 0 Å². The third-order valence-corrected chi connectivity index (χ3v) is 5.18. The summed E-state index contributed by atoms with van der Waals surface area (Å²) in [6, 6.07) is 4.41. The van der Waals surface area contributed by atoms with Crippen molar-refractivity contribution in [2.75, 3.05) is 25.0 Å². The molecule has 0 aromatic heterocycles. The van der Waals surface area contributed by atoms with Crippen molar-refractivity contribution in [3.8, 4) is 5.75 Å². The van der Waals surface area contributed by atoms with Crippen molar-refractivity contribution < 1.29 is 4.74 Å². The van der Waals surface area contributed by atoms with Crippen LogP contribution in [0.15, 0.2) is 16.6 Å². The van der Waals surface area contributed by atoms with E-state index in [4.69, 9.17) is 4.74 Å². The van der Waals surface area contributed by atoms with E-state index >= 15 is 0 Å². The van der Waals surface area contributed by atoms with Crippen LogP contribution in [0.1, 0.15) is 17.5 Å². The van der Waals surface area contributed by atoms with E-state index in [2.05, 4.69) is 48.9 Å². The van der Waals surface area contributed by atoms with Gasteiger partial charge in [-0.2, -0.15) is 0 Å². The number of fused-ring (bicyclic) bond motifs is 1. The fourth-order valence-corrected chi connectivity index (χ4v) is 3.97. The monoisotopic (exact) mass is 373 g/mol. The SMILES string of the molecule is BrCC1CCN(Cc2cc(Br)cc3c2OCC3)C1. The van der Waals surface area contributed by atoms with Crippen LogP contribution in [0, 0.1) is 5.92 Å². The Labute approximate surface area is 125 Å². The number of benzene rings is 1. The Kier molecular flexibility index (Phi) is 3.97. The van der Waals surface area contributed by atoms with Gasteiger partial charge in [-0.1, -0.05) is 31.9 Å². The molecule has 0 amide bonds. The summed E-state index contributed by atoms with van der Waals surface area (Å²) in [6.45, 7) is 4.26. The van der Waals surface area contributed by atoms with Gasteiger partial charge in [0.15, 0.2) is 0 Å². The van der Waals surface area contributed by atoms with Crippen LogP contribution < -0.4 is 4.74 Å². The third-order valence-electron chi connectivity index (χ3n) is 3.81. The molecule has 2 heterocycles. The molecule has 1 aromatic carbocycles. The van der Waals surface area contributed by atoms with Crippen molar-refractivity contribution >= 4 is 31.9 Å². The number of ether oxygens (including phenoxy) is 1. The number of alkyl halides is 1. The van der Waals surface area contributed by atoms with Gasteiger partial charge >= 0.3 is 0 Å². The smallest absolute Gasteiger partial charge is 0.127 e. The van der Waals surface area contributed by atoms with Crippen molar-refractivity contribution in [3.63, 3.8) is 0 Å². The molecule has 1 unspecified atom stereocenters. The summed E-state index contributed by atoms with van der Waals surface area (Å²) in [5.74, 6) is 1.95. The number of nitrogens with zero attached hydrogens (tertiary/aromatic N) is 1. The quantitative estimate of drug-likeness (QED) is 0.749. The molecule has 0 spiro atoms. The maximum Gasteiger partial charge on any atom is 0.127 e. The Bertz CT molecular complexity index is 450. The molecule has 0 aliphatic carbocycles. The van der Waals surface area contributed by atoms with E-state index < -0.39 is 0 Å². The zero-order valence-electron chi connectivity index (χ0n) is 10.3. The maximum absolute atomic E-state index is 5.79. The molecule has 0 radical (unpaired) electrons.